The van der Waals surface area contributed by atoms with Gasteiger partial charge in [0.15, 0.2) is 0 Å². The van der Waals surface area contributed by atoms with Crippen molar-refractivity contribution in [1.82, 2.24) is 10.3 Å². The van der Waals surface area contributed by atoms with Crippen LogP contribution in [0.1, 0.15) is 36.4 Å². The van der Waals surface area contributed by atoms with Gasteiger partial charge in [-0.05, 0) is 43.5 Å². The summed E-state index contributed by atoms with van der Waals surface area (Å²) < 4.78 is 0. The van der Waals surface area contributed by atoms with E-state index in [1.165, 1.54) is 24.8 Å². The summed E-state index contributed by atoms with van der Waals surface area (Å²) in [7, 11) is 0. The Balaban J connectivity index is 2.18. The van der Waals surface area contributed by atoms with Crippen LogP contribution >= 0.6 is 11.6 Å². The summed E-state index contributed by atoms with van der Waals surface area (Å²) in [4.78, 5) is 4.18. The molecule has 2 heterocycles. The van der Waals surface area contributed by atoms with Gasteiger partial charge in [-0.3, -0.25) is 0 Å². The zero-order chi connectivity index (χ0) is 9.97. The highest BCUT2D eigenvalue weighted by Crippen LogP contribution is 2.24. The summed E-state index contributed by atoms with van der Waals surface area (Å²) in [5, 5.41) is 4.11. The monoisotopic (exact) mass is 210 g/mol. The summed E-state index contributed by atoms with van der Waals surface area (Å²) in [5.74, 6) is 0. The second kappa shape index (κ2) is 4.28. The van der Waals surface area contributed by atoms with E-state index in [2.05, 4.69) is 16.4 Å². The lowest BCUT2D eigenvalue weighted by atomic mass is 9.98. The molecule has 14 heavy (non-hydrogen) atoms. The maximum atomic E-state index is 5.89. The van der Waals surface area contributed by atoms with Gasteiger partial charge >= 0.3 is 0 Å². The number of nitrogens with zero attached hydrogens (tertiary/aromatic N) is 1. The number of rotatable bonds is 1. The molecule has 3 heteroatoms. The van der Waals surface area contributed by atoms with Crippen molar-refractivity contribution >= 4 is 11.6 Å². The molecule has 0 aromatic carbocycles. The second-order valence-corrected chi connectivity index (χ2v) is 4.24. The third kappa shape index (κ3) is 2.07. The van der Waals surface area contributed by atoms with Crippen LogP contribution in [-0.4, -0.2) is 11.5 Å². The van der Waals surface area contributed by atoms with Gasteiger partial charge in [-0.25, -0.2) is 4.98 Å². The number of piperidine rings is 1. The van der Waals surface area contributed by atoms with Crippen molar-refractivity contribution in [3.05, 3.63) is 28.5 Å². The predicted molar refractivity (Wildman–Crippen MR) is 58.6 cm³/mol. The molecule has 76 valence electrons. The van der Waals surface area contributed by atoms with Crippen LogP contribution in [-0.2, 0) is 0 Å². The third-order valence-electron chi connectivity index (χ3n) is 2.75. The van der Waals surface area contributed by atoms with Gasteiger partial charge in [-0.2, -0.15) is 0 Å². The summed E-state index contributed by atoms with van der Waals surface area (Å²) >= 11 is 5.89. The molecule has 0 aliphatic carbocycles. The molecule has 1 aromatic heterocycles. The van der Waals surface area contributed by atoms with Gasteiger partial charge in [0.2, 0.25) is 0 Å². The molecule has 1 aromatic rings. The molecule has 1 aliphatic heterocycles. The number of aryl methyl sites for hydroxylation is 1. The van der Waals surface area contributed by atoms with Crippen molar-refractivity contribution in [3.8, 4) is 0 Å². The Morgan fingerprint density at radius 3 is 3.00 bits per heavy atom. The number of hydrogen-bond donors (Lipinski definition) is 1. The molecular weight excluding hydrogens is 196 g/mol. The Labute approximate surface area is 89.7 Å². The minimum Gasteiger partial charge on any atom is -0.310 e. The fourth-order valence-corrected chi connectivity index (χ4v) is 2.01. The van der Waals surface area contributed by atoms with E-state index in [4.69, 9.17) is 11.6 Å². The average Bonchev–Trinajstić information content (AvgIpc) is 2.23. The zero-order valence-corrected chi connectivity index (χ0v) is 9.14. The van der Waals surface area contributed by atoms with Crippen LogP contribution in [0.3, 0.4) is 0 Å². The predicted octanol–water partition coefficient (Wildman–Crippen LogP) is 2.86. The summed E-state index contributed by atoms with van der Waals surface area (Å²) in [6.45, 7) is 3.12. The fourth-order valence-electron chi connectivity index (χ4n) is 1.91. The van der Waals surface area contributed by atoms with Crippen molar-refractivity contribution < 1.29 is 0 Å². The Morgan fingerprint density at radius 2 is 2.36 bits per heavy atom. The first-order valence-electron chi connectivity index (χ1n) is 5.13. The second-order valence-electron chi connectivity index (χ2n) is 3.88. The Morgan fingerprint density at radius 1 is 1.50 bits per heavy atom. The maximum absolute atomic E-state index is 5.89. The van der Waals surface area contributed by atoms with E-state index in [9.17, 15) is 0 Å². The molecule has 1 unspecified atom stereocenters. The highest BCUT2D eigenvalue weighted by molar-refractivity contribution is 6.30. The molecule has 2 rings (SSSR count). The van der Waals surface area contributed by atoms with E-state index in [0.717, 1.165) is 12.1 Å². The van der Waals surface area contributed by atoms with Gasteiger partial charge < -0.3 is 5.32 Å². The van der Waals surface area contributed by atoms with E-state index in [0.29, 0.717) is 11.2 Å². The first-order valence-corrected chi connectivity index (χ1v) is 5.50. The van der Waals surface area contributed by atoms with Crippen molar-refractivity contribution in [2.45, 2.75) is 32.2 Å². The molecule has 0 amide bonds. The molecule has 0 saturated carbocycles. The van der Waals surface area contributed by atoms with E-state index < -0.39 is 0 Å². The van der Waals surface area contributed by atoms with Gasteiger partial charge in [0.05, 0.1) is 0 Å². The van der Waals surface area contributed by atoms with Crippen molar-refractivity contribution in [1.29, 1.82) is 0 Å². The molecule has 1 fully saturated rings. The highest BCUT2D eigenvalue weighted by Gasteiger charge is 2.15. The van der Waals surface area contributed by atoms with E-state index in [1.54, 1.807) is 0 Å². The Hall–Kier alpha value is -0.600. The number of nitrogens with one attached hydrogen (secondary N) is 1. The Bertz CT molecular complexity index is 319. The molecule has 1 atom stereocenters. The lowest BCUT2D eigenvalue weighted by molar-refractivity contribution is 0.411. The first kappa shape index (κ1) is 9.94. The molecule has 0 radical (unpaired) electrons. The Kier molecular flexibility index (Phi) is 3.04. The van der Waals surface area contributed by atoms with Crippen LogP contribution in [0.4, 0.5) is 0 Å². The lowest BCUT2D eigenvalue weighted by Crippen LogP contribution is -2.26. The zero-order valence-electron chi connectivity index (χ0n) is 8.39. The van der Waals surface area contributed by atoms with Crippen molar-refractivity contribution in [3.63, 3.8) is 0 Å². The fraction of sp³-hybridized carbons (Fsp3) is 0.545. The number of halogens is 1. The molecule has 1 saturated heterocycles. The summed E-state index contributed by atoms with van der Waals surface area (Å²) in [6.07, 6.45) is 5.69. The van der Waals surface area contributed by atoms with Gasteiger partial charge in [0, 0.05) is 12.2 Å². The number of pyridine rings is 1. The van der Waals surface area contributed by atoms with Crippen molar-refractivity contribution in [2.24, 2.45) is 0 Å². The summed E-state index contributed by atoms with van der Waals surface area (Å²) in [6, 6.07) is 2.62. The topological polar surface area (TPSA) is 24.9 Å². The molecule has 0 bridgehead atoms. The summed E-state index contributed by atoms with van der Waals surface area (Å²) in [5.41, 5.74) is 2.34. The van der Waals surface area contributed by atoms with Crippen LogP contribution in [0.15, 0.2) is 12.3 Å². The van der Waals surface area contributed by atoms with E-state index in [1.807, 2.05) is 13.1 Å². The number of aromatic nitrogens is 1. The minimum atomic E-state index is 0.479. The van der Waals surface area contributed by atoms with Crippen LogP contribution in [0.2, 0.25) is 5.15 Å². The van der Waals surface area contributed by atoms with Gasteiger partial charge in [0.25, 0.3) is 0 Å². The van der Waals surface area contributed by atoms with Crippen LogP contribution in [0.25, 0.3) is 0 Å². The minimum absolute atomic E-state index is 0.479. The van der Waals surface area contributed by atoms with Crippen molar-refractivity contribution in [2.75, 3.05) is 6.54 Å². The lowest BCUT2D eigenvalue weighted by Gasteiger charge is -2.23. The molecule has 2 nitrogen and oxygen atoms in total. The molecule has 1 N–H and O–H groups in total. The number of hydrogen-bond acceptors (Lipinski definition) is 2. The van der Waals surface area contributed by atoms with Crippen LogP contribution in [0, 0.1) is 6.92 Å². The average molecular weight is 211 g/mol. The SMILES string of the molecule is Cc1cc(C2CCCCN2)cnc1Cl. The third-order valence-corrected chi connectivity index (χ3v) is 3.14. The van der Waals surface area contributed by atoms with Gasteiger partial charge in [-0.1, -0.05) is 18.0 Å². The normalized spacial score (nSPS) is 22.3. The van der Waals surface area contributed by atoms with E-state index in [-0.39, 0.29) is 0 Å². The van der Waals surface area contributed by atoms with Crippen LogP contribution in [0.5, 0.6) is 0 Å². The first-order chi connectivity index (χ1) is 6.77. The smallest absolute Gasteiger partial charge is 0.131 e. The largest absolute Gasteiger partial charge is 0.310 e. The van der Waals surface area contributed by atoms with Gasteiger partial charge in [-0.15, -0.1) is 0 Å². The standard InChI is InChI=1S/C11H15ClN2/c1-8-6-9(7-14-11(8)12)10-4-2-3-5-13-10/h6-7,10,13H,2-5H2,1H3. The van der Waals surface area contributed by atoms with Gasteiger partial charge in [0.1, 0.15) is 5.15 Å². The quantitative estimate of drug-likeness (QED) is 0.722. The molecule has 0 spiro atoms. The molecular formula is C11H15ClN2. The highest BCUT2D eigenvalue weighted by atomic mass is 35.5. The van der Waals surface area contributed by atoms with Crippen LogP contribution < -0.4 is 5.32 Å². The molecule has 1 aliphatic rings. The maximum Gasteiger partial charge on any atom is 0.131 e. The van der Waals surface area contributed by atoms with E-state index >= 15 is 0 Å².